The largest absolute Gasteiger partial charge is 0.496 e. The van der Waals surface area contributed by atoms with E-state index in [2.05, 4.69) is 43.8 Å². The van der Waals surface area contributed by atoms with Crippen molar-refractivity contribution in [3.8, 4) is 5.75 Å². The minimum atomic E-state index is -0.442. The summed E-state index contributed by atoms with van der Waals surface area (Å²) in [4.78, 5) is 13.3. The molecule has 30 heavy (non-hydrogen) atoms. The van der Waals surface area contributed by atoms with Crippen molar-refractivity contribution in [3.05, 3.63) is 63.4 Å². The van der Waals surface area contributed by atoms with Gasteiger partial charge in [0, 0.05) is 5.69 Å². The average Bonchev–Trinajstić information content (AvgIpc) is 3.09. The van der Waals surface area contributed by atoms with Crippen LogP contribution in [0.25, 0.3) is 0 Å². The van der Waals surface area contributed by atoms with Gasteiger partial charge in [-0.25, -0.2) is 4.68 Å². The number of aryl methyl sites for hydroxylation is 3. The molecule has 156 valence electrons. The van der Waals surface area contributed by atoms with Gasteiger partial charge < -0.3 is 15.5 Å². The van der Waals surface area contributed by atoms with Crippen LogP contribution in [0.2, 0.25) is 0 Å². The van der Waals surface area contributed by atoms with E-state index in [1.807, 2.05) is 54.9 Å². The van der Waals surface area contributed by atoms with Crippen molar-refractivity contribution in [3.63, 3.8) is 0 Å². The molecule has 1 aliphatic heterocycles. The lowest BCUT2D eigenvalue weighted by Crippen LogP contribution is -2.41. The van der Waals surface area contributed by atoms with E-state index in [9.17, 15) is 4.79 Å². The number of benzene rings is 2. The van der Waals surface area contributed by atoms with Gasteiger partial charge in [0.1, 0.15) is 16.8 Å². The van der Waals surface area contributed by atoms with Gasteiger partial charge >= 0.3 is 0 Å². The quantitative estimate of drug-likeness (QED) is 0.568. The van der Waals surface area contributed by atoms with Gasteiger partial charge in [0.15, 0.2) is 0 Å². The molecule has 9 heteroatoms. The van der Waals surface area contributed by atoms with Crippen molar-refractivity contribution in [1.29, 1.82) is 0 Å². The number of aromatic nitrogens is 3. The Morgan fingerprint density at radius 1 is 1.17 bits per heavy atom. The first kappa shape index (κ1) is 20.7. The Labute approximate surface area is 187 Å². The number of rotatable bonds is 4. The fourth-order valence-electron chi connectivity index (χ4n) is 3.32. The minimum Gasteiger partial charge on any atom is -0.496 e. The first-order chi connectivity index (χ1) is 14.4. The molecule has 2 N–H and O–H groups in total. The minimum absolute atomic E-state index is 0.0976. The fraction of sp³-hybridized carbons (Fsp3) is 0.286. The zero-order chi connectivity index (χ0) is 21.4. The van der Waals surface area contributed by atoms with Crippen LogP contribution < -0.4 is 15.5 Å². The number of halogens is 1. The molecule has 0 saturated heterocycles. The number of carbonyl (C=O) groups is 1. The zero-order valence-electron chi connectivity index (χ0n) is 17.1. The summed E-state index contributed by atoms with van der Waals surface area (Å²) in [7, 11) is 1.63. The number of anilines is 1. The van der Waals surface area contributed by atoms with Crippen molar-refractivity contribution in [2.45, 2.75) is 37.2 Å². The third kappa shape index (κ3) is 3.91. The number of ether oxygens (including phenoxy) is 1. The van der Waals surface area contributed by atoms with Crippen LogP contribution in [0.15, 0.2) is 46.0 Å². The molecule has 2 atom stereocenters. The summed E-state index contributed by atoms with van der Waals surface area (Å²) in [5.74, 6) is 1.38. The summed E-state index contributed by atoms with van der Waals surface area (Å²) >= 11 is 4.95. The highest BCUT2D eigenvalue weighted by molar-refractivity contribution is 9.10. The number of methoxy groups -OCH3 is 1. The molecule has 4 rings (SSSR count). The van der Waals surface area contributed by atoms with E-state index < -0.39 is 5.25 Å². The van der Waals surface area contributed by atoms with Crippen LogP contribution in [-0.4, -0.2) is 33.1 Å². The molecule has 0 aliphatic carbocycles. The number of hydrogen-bond donors (Lipinski definition) is 2. The Morgan fingerprint density at radius 3 is 2.67 bits per heavy atom. The molecule has 0 unspecified atom stereocenters. The van der Waals surface area contributed by atoms with E-state index in [0.29, 0.717) is 5.16 Å². The highest BCUT2D eigenvalue weighted by Crippen LogP contribution is 2.39. The molecule has 1 aliphatic rings. The van der Waals surface area contributed by atoms with Gasteiger partial charge in [0.2, 0.25) is 11.1 Å². The fourth-order valence-corrected chi connectivity index (χ4v) is 5.00. The molecule has 1 aromatic heterocycles. The van der Waals surface area contributed by atoms with Gasteiger partial charge in [0.25, 0.3) is 0 Å². The van der Waals surface area contributed by atoms with E-state index in [-0.39, 0.29) is 11.9 Å². The monoisotopic (exact) mass is 487 g/mol. The Morgan fingerprint density at radius 2 is 1.97 bits per heavy atom. The molecular formula is C21H22BrN5O2S. The number of nitrogens with zero attached hydrogens (tertiary/aromatic N) is 3. The predicted octanol–water partition coefficient (Wildman–Crippen LogP) is 4.37. The lowest BCUT2D eigenvalue weighted by atomic mass is 10.0. The second-order valence-corrected chi connectivity index (χ2v) is 9.16. The van der Waals surface area contributed by atoms with Gasteiger partial charge in [-0.2, -0.15) is 0 Å². The van der Waals surface area contributed by atoms with Crippen LogP contribution in [0.5, 0.6) is 5.75 Å². The van der Waals surface area contributed by atoms with Crippen LogP contribution in [0.4, 0.5) is 5.69 Å². The highest BCUT2D eigenvalue weighted by atomic mass is 79.9. The molecule has 0 saturated carbocycles. The predicted molar refractivity (Wildman–Crippen MR) is 122 cm³/mol. The van der Waals surface area contributed by atoms with Crippen LogP contribution in [0.3, 0.4) is 0 Å². The highest BCUT2D eigenvalue weighted by Gasteiger charge is 2.37. The Balaban J connectivity index is 1.68. The van der Waals surface area contributed by atoms with E-state index in [1.165, 1.54) is 17.3 Å². The summed E-state index contributed by atoms with van der Waals surface area (Å²) in [6.45, 7) is 5.96. The second-order valence-electron chi connectivity index (χ2n) is 7.19. The topological polar surface area (TPSA) is 81.1 Å². The molecule has 2 heterocycles. The van der Waals surface area contributed by atoms with Gasteiger partial charge in [-0.1, -0.05) is 23.9 Å². The number of thioether (sulfide) groups is 1. The van der Waals surface area contributed by atoms with Crippen molar-refractivity contribution < 1.29 is 9.53 Å². The standard InChI is InChI=1S/C21H22BrN5O2S/c1-11-5-7-15(9-12(11)2)23-20(28)19-18(14-6-8-17(29-4)16(22)10-14)26-27-13(3)24-25-21(27)30-19/h5-10,18-19,26H,1-4H3,(H,23,28)/t18-,19-/m0/s1. The molecule has 0 fully saturated rings. The Hall–Kier alpha value is -2.52. The summed E-state index contributed by atoms with van der Waals surface area (Å²) in [6, 6.07) is 11.5. The van der Waals surface area contributed by atoms with Crippen LogP contribution in [0.1, 0.15) is 28.6 Å². The number of amides is 1. The molecule has 0 bridgehead atoms. The Kier molecular flexibility index (Phi) is 5.75. The van der Waals surface area contributed by atoms with E-state index in [1.54, 1.807) is 7.11 Å². The van der Waals surface area contributed by atoms with E-state index in [0.717, 1.165) is 32.9 Å². The third-order valence-corrected chi connectivity index (χ3v) is 7.00. The van der Waals surface area contributed by atoms with E-state index in [4.69, 9.17) is 4.74 Å². The van der Waals surface area contributed by atoms with Gasteiger partial charge in [-0.3, -0.25) is 4.79 Å². The molecule has 0 radical (unpaired) electrons. The number of carbonyl (C=O) groups excluding carboxylic acids is 1. The lowest BCUT2D eigenvalue weighted by Gasteiger charge is -2.33. The summed E-state index contributed by atoms with van der Waals surface area (Å²) < 4.78 is 8.00. The number of fused-ring (bicyclic) bond motifs is 1. The Bertz CT molecular complexity index is 1120. The maximum absolute atomic E-state index is 13.3. The smallest absolute Gasteiger partial charge is 0.240 e. The van der Waals surface area contributed by atoms with Crippen LogP contribution >= 0.6 is 27.7 Å². The molecule has 1 amide bonds. The molecular weight excluding hydrogens is 466 g/mol. The van der Waals surface area contributed by atoms with Gasteiger partial charge in [-0.15, -0.1) is 10.2 Å². The van der Waals surface area contributed by atoms with Gasteiger partial charge in [-0.05, 0) is 77.7 Å². The maximum atomic E-state index is 13.3. The van der Waals surface area contributed by atoms with Crippen molar-refractivity contribution in [2.75, 3.05) is 17.9 Å². The first-order valence-electron chi connectivity index (χ1n) is 9.44. The first-order valence-corrected chi connectivity index (χ1v) is 11.1. The van der Waals surface area contributed by atoms with Crippen LogP contribution in [0, 0.1) is 20.8 Å². The van der Waals surface area contributed by atoms with Crippen LogP contribution in [-0.2, 0) is 4.79 Å². The normalized spacial score (nSPS) is 17.8. The van der Waals surface area contributed by atoms with Crippen molar-refractivity contribution >= 4 is 39.3 Å². The lowest BCUT2D eigenvalue weighted by molar-refractivity contribution is -0.116. The van der Waals surface area contributed by atoms with Gasteiger partial charge in [0.05, 0.1) is 17.6 Å². The summed E-state index contributed by atoms with van der Waals surface area (Å²) in [5, 5.41) is 11.6. The summed E-state index contributed by atoms with van der Waals surface area (Å²) in [5.41, 5.74) is 7.46. The van der Waals surface area contributed by atoms with Crippen molar-refractivity contribution in [1.82, 2.24) is 14.9 Å². The molecule has 7 nitrogen and oxygen atoms in total. The van der Waals surface area contributed by atoms with Crippen molar-refractivity contribution in [2.24, 2.45) is 0 Å². The SMILES string of the molecule is COc1ccc([C@@H]2Nn3c(C)nnc3S[C@@H]2C(=O)Nc2ccc(C)c(C)c2)cc1Br. The average molecular weight is 488 g/mol. The molecule has 0 spiro atoms. The summed E-state index contributed by atoms with van der Waals surface area (Å²) in [6.07, 6.45) is 0. The number of hydrogen-bond acceptors (Lipinski definition) is 6. The number of nitrogens with one attached hydrogen (secondary N) is 2. The van der Waals surface area contributed by atoms with E-state index >= 15 is 0 Å². The molecule has 3 aromatic rings. The third-order valence-electron chi connectivity index (χ3n) is 5.17. The molecule has 2 aromatic carbocycles. The zero-order valence-corrected chi connectivity index (χ0v) is 19.5. The second kappa shape index (κ2) is 8.31. The maximum Gasteiger partial charge on any atom is 0.240 e.